The second kappa shape index (κ2) is 5.47. The molecule has 2 aliphatic rings. The molecule has 1 aliphatic heterocycles. The van der Waals surface area contributed by atoms with E-state index in [4.69, 9.17) is 6.42 Å². The molecule has 3 unspecified atom stereocenters. The molecule has 4 nitrogen and oxygen atoms in total. The Morgan fingerprint density at radius 3 is 2.55 bits per heavy atom. The lowest BCUT2D eigenvalue weighted by molar-refractivity contribution is -0.157. The van der Waals surface area contributed by atoms with E-state index in [2.05, 4.69) is 11.2 Å². The summed E-state index contributed by atoms with van der Waals surface area (Å²) in [5.41, 5.74) is -0.758. The third-order valence-corrected chi connectivity index (χ3v) is 4.57. The molecule has 1 heterocycles. The zero-order chi connectivity index (χ0) is 14.9. The lowest BCUT2D eigenvalue weighted by Gasteiger charge is -2.46. The number of nitrogens with zero attached hydrogens (tertiary/aromatic N) is 1. The minimum Gasteiger partial charge on any atom is -0.340 e. The molecule has 1 saturated heterocycles. The fraction of sp³-hybridized carbons (Fsp3) is 0.750. The van der Waals surface area contributed by atoms with E-state index in [0.29, 0.717) is 6.42 Å². The van der Waals surface area contributed by atoms with Crippen LogP contribution in [-0.4, -0.2) is 34.3 Å². The number of amides is 2. The van der Waals surface area contributed by atoms with Gasteiger partial charge in [-0.25, -0.2) is 0 Å². The van der Waals surface area contributed by atoms with Crippen molar-refractivity contribution in [2.45, 2.75) is 70.5 Å². The van der Waals surface area contributed by atoms with Crippen molar-refractivity contribution in [2.24, 2.45) is 5.92 Å². The maximum absolute atomic E-state index is 12.9. The molecular formula is C16H24N2O2. The van der Waals surface area contributed by atoms with E-state index >= 15 is 0 Å². The van der Waals surface area contributed by atoms with Crippen LogP contribution in [0.15, 0.2) is 0 Å². The molecule has 2 rings (SSSR count). The van der Waals surface area contributed by atoms with E-state index in [1.54, 1.807) is 4.90 Å². The standard InChI is InChI=1S/C16H24N2O2/c1-5-8-12(6-2)18-13(7-3)14(19)17-16(4,15(18)20)11-9-10-11/h2,11-13H,5,7-10H2,1,3-4H3,(H,17,19). The minimum atomic E-state index is -0.758. The van der Waals surface area contributed by atoms with Crippen molar-refractivity contribution in [2.75, 3.05) is 0 Å². The summed E-state index contributed by atoms with van der Waals surface area (Å²) in [5, 5.41) is 2.96. The Bertz CT molecular complexity index is 450. The third-order valence-electron chi connectivity index (χ3n) is 4.57. The summed E-state index contributed by atoms with van der Waals surface area (Å²) in [4.78, 5) is 27.0. The number of rotatable bonds is 5. The Labute approximate surface area is 121 Å². The number of terminal acetylenes is 1. The molecular weight excluding hydrogens is 252 g/mol. The number of carbonyl (C=O) groups is 2. The van der Waals surface area contributed by atoms with Crippen LogP contribution in [-0.2, 0) is 9.59 Å². The normalized spacial score (nSPS) is 31.7. The Hall–Kier alpha value is -1.50. The van der Waals surface area contributed by atoms with Gasteiger partial charge in [-0.1, -0.05) is 26.2 Å². The van der Waals surface area contributed by atoms with E-state index in [9.17, 15) is 9.59 Å². The highest BCUT2D eigenvalue weighted by atomic mass is 16.2. The first-order valence-corrected chi connectivity index (χ1v) is 7.60. The Kier molecular flexibility index (Phi) is 4.08. The first-order valence-electron chi connectivity index (χ1n) is 7.60. The maximum Gasteiger partial charge on any atom is 0.250 e. The Balaban J connectivity index is 2.34. The van der Waals surface area contributed by atoms with Gasteiger partial charge < -0.3 is 10.2 Å². The van der Waals surface area contributed by atoms with Crippen LogP contribution < -0.4 is 5.32 Å². The predicted molar refractivity (Wildman–Crippen MR) is 77.7 cm³/mol. The van der Waals surface area contributed by atoms with Gasteiger partial charge >= 0.3 is 0 Å². The van der Waals surface area contributed by atoms with E-state index in [0.717, 1.165) is 25.7 Å². The summed E-state index contributed by atoms with van der Waals surface area (Å²) in [5.74, 6) is 2.92. The second-order valence-electron chi connectivity index (χ2n) is 6.07. The van der Waals surface area contributed by atoms with Crippen molar-refractivity contribution in [3.8, 4) is 12.3 Å². The highest BCUT2D eigenvalue weighted by molar-refractivity contribution is 6.00. The molecule has 2 amide bonds. The molecule has 0 aromatic rings. The van der Waals surface area contributed by atoms with E-state index in [1.165, 1.54) is 0 Å². The van der Waals surface area contributed by atoms with Crippen LogP contribution in [0.1, 0.15) is 52.9 Å². The van der Waals surface area contributed by atoms with Gasteiger partial charge in [0.2, 0.25) is 11.8 Å². The van der Waals surface area contributed by atoms with Crippen LogP contribution in [0.2, 0.25) is 0 Å². The van der Waals surface area contributed by atoms with Gasteiger partial charge in [0, 0.05) is 0 Å². The van der Waals surface area contributed by atoms with Gasteiger partial charge in [-0.15, -0.1) is 6.42 Å². The van der Waals surface area contributed by atoms with Crippen LogP contribution in [0.5, 0.6) is 0 Å². The molecule has 1 aliphatic carbocycles. The molecule has 0 aromatic carbocycles. The quantitative estimate of drug-likeness (QED) is 0.777. The first-order chi connectivity index (χ1) is 9.49. The highest BCUT2D eigenvalue weighted by Gasteiger charge is 2.56. The molecule has 3 atom stereocenters. The average Bonchev–Trinajstić information content (AvgIpc) is 3.25. The van der Waals surface area contributed by atoms with Crippen LogP contribution in [0.3, 0.4) is 0 Å². The van der Waals surface area contributed by atoms with Gasteiger partial charge in [-0.3, -0.25) is 9.59 Å². The zero-order valence-electron chi connectivity index (χ0n) is 12.6. The molecule has 1 saturated carbocycles. The topological polar surface area (TPSA) is 49.4 Å². The van der Waals surface area contributed by atoms with Gasteiger partial charge in [0.1, 0.15) is 11.6 Å². The van der Waals surface area contributed by atoms with E-state index in [-0.39, 0.29) is 23.8 Å². The van der Waals surface area contributed by atoms with Crippen LogP contribution in [0, 0.1) is 18.3 Å². The summed E-state index contributed by atoms with van der Waals surface area (Å²) < 4.78 is 0. The van der Waals surface area contributed by atoms with Crippen molar-refractivity contribution >= 4 is 11.8 Å². The molecule has 20 heavy (non-hydrogen) atoms. The number of hydrogen-bond donors (Lipinski definition) is 1. The van der Waals surface area contributed by atoms with Gasteiger partial charge in [0.05, 0.1) is 6.04 Å². The molecule has 0 radical (unpaired) electrons. The summed E-state index contributed by atoms with van der Waals surface area (Å²) >= 11 is 0. The minimum absolute atomic E-state index is 0.00264. The SMILES string of the molecule is C#CC(CCC)N1C(=O)C(C)(C2CC2)NC(=O)C1CC. The largest absolute Gasteiger partial charge is 0.340 e. The monoisotopic (exact) mass is 276 g/mol. The summed E-state index contributed by atoms with van der Waals surface area (Å²) in [6.45, 7) is 5.81. The second-order valence-corrected chi connectivity index (χ2v) is 6.07. The Morgan fingerprint density at radius 2 is 2.10 bits per heavy atom. The summed E-state index contributed by atoms with van der Waals surface area (Å²) in [6.07, 6.45) is 9.86. The lowest BCUT2D eigenvalue weighted by atomic mass is 9.87. The van der Waals surface area contributed by atoms with Gasteiger partial charge in [0.25, 0.3) is 0 Å². The summed E-state index contributed by atoms with van der Waals surface area (Å²) in [7, 11) is 0. The van der Waals surface area contributed by atoms with Gasteiger partial charge in [0.15, 0.2) is 0 Å². The average molecular weight is 276 g/mol. The number of hydrogen-bond acceptors (Lipinski definition) is 2. The Morgan fingerprint density at radius 1 is 1.45 bits per heavy atom. The molecule has 4 heteroatoms. The molecule has 1 N–H and O–H groups in total. The van der Waals surface area contributed by atoms with Gasteiger partial charge in [-0.05, 0) is 38.5 Å². The van der Waals surface area contributed by atoms with E-state index in [1.807, 2.05) is 20.8 Å². The summed E-state index contributed by atoms with van der Waals surface area (Å²) in [6, 6.07) is -0.705. The fourth-order valence-electron chi connectivity index (χ4n) is 3.18. The fourth-order valence-corrected chi connectivity index (χ4v) is 3.18. The molecule has 0 aromatic heterocycles. The molecule has 110 valence electrons. The highest BCUT2D eigenvalue weighted by Crippen LogP contribution is 2.43. The number of nitrogens with one attached hydrogen (secondary N) is 1. The molecule has 0 bridgehead atoms. The van der Waals surface area contributed by atoms with Crippen molar-refractivity contribution in [3.05, 3.63) is 0 Å². The molecule has 2 fully saturated rings. The lowest BCUT2D eigenvalue weighted by Crippen LogP contribution is -2.71. The number of piperazine rings is 1. The van der Waals surface area contributed by atoms with Crippen molar-refractivity contribution in [1.82, 2.24) is 10.2 Å². The van der Waals surface area contributed by atoms with Crippen molar-refractivity contribution in [1.29, 1.82) is 0 Å². The zero-order valence-corrected chi connectivity index (χ0v) is 12.6. The van der Waals surface area contributed by atoms with Crippen LogP contribution in [0.25, 0.3) is 0 Å². The smallest absolute Gasteiger partial charge is 0.250 e. The van der Waals surface area contributed by atoms with Crippen LogP contribution in [0.4, 0.5) is 0 Å². The predicted octanol–water partition coefficient (Wildman–Crippen LogP) is 1.69. The third kappa shape index (κ3) is 2.30. The van der Waals surface area contributed by atoms with E-state index < -0.39 is 11.6 Å². The van der Waals surface area contributed by atoms with Crippen LogP contribution >= 0.6 is 0 Å². The molecule has 0 spiro atoms. The van der Waals surface area contributed by atoms with Crippen molar-refractivity contribution in [3.63, 3.8) is 0 Å². The van der Waals surface area contributed by atoms with Gasteiger partial charge in [-0.2, -0.15) is 0 Å². The van der Waals surface area contributed by atoms with Crippen molar-refractivity contribution < 1.29 is 9.59 Å². The first kappa shape index (κ1) is 14.9. The number of carbonyl (C=O) groups excluding carboxylic acids is 2. The maximum atomic E-state index is 12.9.